The van der Waals surface area contributed by atoms with Crippen LogP contribution in [-0.4, -0.2) is 28.5 Å². The van der Waals surface area contributed by atoms with Gasteiger partial charge in [-0.1, -0.05) is 5.16 Å². The van der Waals surface area contributed by atoms with Crippen LogP contribution in [0.1, 0.15) is 44.3 Å². The number of amides is 1. The van der Waals surface area contributed by atoms with Crippen molar-refractivity contribution in [1.82, 2.24) is 5.16 Å². The second kappa shape index (κ2) is 5.48. The smallest absolute Gasteiger partial charge is 0.312 e. The summed E-state index contributed by atoms with van der Waals surface area (Å²) >= 11 is 6.73. The van der Waals surface area contributed by atoms with Crippen LogP contribution in [0.25, 0.3) is 0 Å². The maximum atomic E-state index is 12.7. The van der Waals surface area contributed by atoms with Crippen LogP contribution in [0, 0.1) is 24.2 Å². The van der Waals surface area contributed by atoms with E-state index >= 15 is 0 Å². The first kappa shape index (κ1) is 15.9. The molecule has 7 heteroatoms. The topological polar surface area (TPSA) is 81.4 Å². The van der Waals surface area contributed by atoms with Crippen LogP contribution in [0.5, 0.6) is 0 Å². The van der Waals surface area contributed by atoms with Gasteiger partial charge >= 0.3 is 5.97 Å². The number of aromatic nitrogens is 1. The molecule has 1 aromatic heterocycles. The number of hydrogen-bond donors (Lipinski definition) is 1. The number of nitrogens with one attached hydrogen (secondary N) is 1. The summed E-state index contributed by atoms with van der Waals surface area (Å²) in [6.45, 7) is 1.43. The molecule has 5 rings (SSSR count). The van der Waals surface area contributed by atoms with E-state index in [1.807, 2.05) is 0 Å². The van der Waals surface area contributed by atoms with Gasteiger partial charge in [0.25, 0.3) is 5.91 Å². The van der Waals surface area contributed by atoms with E-state index in [1.165, 1.54) is 6.42 Å². The normalized spacial score (nSPS) is 36.6. The van der Waals surface area contributed by atoms with Crippen molar-refractivity contribution >= 4 is 29.3 Å². The third kappa shape index (κ3) is 2.81. The highest BCUT2D eigenvalue weighted by molar-refractivity contribution is 6.24. The van der Waals surface area contributed by atoms with E-state index in [2.05, 4.69) is 10.5 Å². The Balaban J connectivity index is 1.37. The summed E-state index contributed by atoms with van der Waals surface area (Å²) < 4.78 is 10.2. The fraction of sp³-hybridized carbons (Fsp3) is 0.706. The van der Waals surface area contributed by atoms with Gasteiger partial charge in [-0.25, -0.2) is 0 Å². The third-order valence-electron chi connectivity index (χ3n) is 5.65. The van der Waals surface area contributed by atoms with Gasteiger partial charge in [0, 0.05) is 10.9 Å². The summed E-state index contributed by atoms with van der Waals surface area (Å²) in [5, 5.41) is 6.23. The van der Waals surface area contributed by atoms with E-state index in [0.29, 0.717) is 29.8 Å². The van der Waals surface area contributed by atoms with E-state index in [0.717, 1.165) is 25.7 Å². The van der Waals surface area contributed by atoms with Crippen molar-refractivity contribution in [3.8, 4) is 0 Å². The van der Waals surface area contributed by atoms with Gasteiger partial charge in [-0.15, -0.1) is 11.6 Å². The van der Waals surface area contributed by atoms with Crippen LogP contribution in [0.3, 0.4) is 0 Å². The van der Waals surface area contributed by atoms with Gasteiger partial charge in [0.15, 0.2) is 12.4 Å². The van der Waals surface area contributed by atoms with E-state index in [4.69, 9.17) is 20.9 Å². The third-order valence-corrected chi connectivity index (χ3v) is 6.09. The molecule has 4 atom stereocenters. The molecule has 0 spiro atoms. The van der Waals surface area contributed by atoms with Crippen LogP contribution >= 0.6 is 11.6 Å². The molecule has 4 aliphatic rings. The Bertz CT molecular complexity index is 672. The Morgan fingerprint density at radius 2 is 2.08 bits per heavy atom. The van der Waals surface area contributed by atoms with E-state index in [-0.39, 0.29) is 17.5 Å². The fourth-order valence-electron chi connectivity index (χ4n) is 5.28. The molecule has 4 fully saturated rings. The molecule has 0 saturated heterocycles. The van der Waals surface area contributed by atoms with Crippen LogP contribution in [-0.2, 0) is 14.3 Å². The average Bonchev–Trinajstić information content (AvgIpc) is 2.87. The molecule has 1 N–H and O–H groups in total. The molecule has 0 aliphatic heterocycles. The monoisotopic (exact) mass is 352 g/mol. The molecule has 4 aliphatic carbocycles. The summed E-state index contributed by atoms with van der Waals surface area (Å²) in [4.78, 5) is 24.4. The van der Waals surface area contributed by atoms with Crippen LogP contribution in [0.4, 0.5) is 5.82 Å². The first-order chi connectivity index (χ1) is 11.4. The van der Waals surface area contributed by atoms with Gasteiger partial charge in [0.2, 0.25) is 0 Å². The van der Waals surface area contributed by atoms with Gasteiger partial charge in [-0.05, 0) is 57.3 Å². The minimum Gasteiger partial charge on any atom is -0.455 e. The quantitative estimate of drug-likeness (QED) is 0.665. The second-order valence-corrected chi connectivity index (χ2v) is 8.64. The van der Waals surface area contributed by atoms with E-state index < -0.39 is 11.3 Å². The van der Waals surface area contributed by atoms with Crippen molar-refractivity contribution < 1.29 is 18.8 Å². The summed E-state index contributed by atoms with van der Waals surface area (Å²) in [5.41, 5.74) is -0.489. The van der Waals surface area contributed by atoms with Crippen LogP contribution in [0.15, 0.2) is 10.6 Å². The zero-order chi connectivity index (χ0) is 16.9. The zero-order valence-electron chi connectivity index (χ0n) is 13.6. The summed E-state index contributed by atoms with van der Waals surface area (Å²) in [6, 6.07) is 1.61. The number of carbonyl (C=O) groups is 2. The lowest BCUT2D eigenvalue weighted by molar-refractivity contribution is -0.171. The molecule has 24 heavy (non-hydrogen) atoms. The number of esters is 1. The standard InChI is InChI=1S/C17H21ClN2O4/c1-10-2-13(20-24-10)19-14(21)8-23-15(22)16-4-11-3-12(5-16)7-17(18,6-11)9-16/h2,11-12H,3-9H2,1H3,(H,19,20,21)/t11-,12+,16?,17?. The molecule has 2 unspecified atom stereocenters. The Hall–Kier alpha value is -1.56. The largest absolute Gasteiger partial charge is 0.455 e. The first-order valence-corrected chi connectivity index (χ1v) is 8.83. The Morgan fingerprint density at radius 3 is 2.67 bits per heavy atom. The lowest BCUT2D eigenvalue weighted by atomic mass is 9.49. The molecule has 0 radical (unpaired) electrons. The lowest BCUT2D eigenvalue weighted by Gasteiger charge is -2.58. The molecule has 1 amide bonds. The van der Waals surface area contributed by atoms with Crippen molar-refractivity contribution in [2.24, 2.45) is 17.3 Å². The molecular weight excluding hydrogens is 332 g/mol. The Morgan fingerprint density at radius 1 is 1.38 bits per heavy atom. The maximum Gasteiger partial charge on any atom is 0.312 e. The highest BCUT2D eigenvalue weighted by Gasteiger charge is 2.60. The number of ether oxygens (including phenoxy) is 1. The number of nitrogens with zero attached hydrogens (tertiary/aromatic N) is 1. The first-order valence-electron chi connectivity index (χ1n) is 8.45. The van der Waals surface area contributed by atoms with Gasteiger partial charge in [0.1, 0.15) is 5.76 Å². The number of halogens is 1. The molecule has 4 saturated carbocycles. The molecule has 0 aromatic carbocycles. The second-order valence-electron chi connectivity index (χ2n) is 7.84. The van der Waals surface area contributed by atoms with E-state index in [9.17, 15) is 9.59 Å². The zero-order valence-corrected chi connectivity index (χ0v) is 14.4. The highest BCUT2D eigenvalue weighted by atomic mass is 35.5. The minimum absolute atomic E-state index is 0.246. The molecule has 1 aromatic rings. The predicted molar refractivity (Wildman–Crippen MR) is 86.5 cm³/mol. The average molecular weight is 353 g/mol. The van der Waals surface area contributed by atoms with Crippen molar-refractivity contribution in [3.05, 3.63) is 11.8 Å². The molecule has 1 heterocycles. The van der Waals surface area contributed by atoms with Crippen molar-refractivity contribution in [2.75, 3.05) is 11.9 Å². The number of hydrogen-bond acceptors (Lipinski definition) is 5. The van der Waals surface area contributed by atoms with Crippen LogP contribution in [0.2, 0.25) is 0 Å². The van der Waals surface area contributed by atoms with Crippen LogP contribution < -0.4 is 5.32 Å². The SMILES string of the molecule is Cc1cc(NC(=O)COC(=O)C23C[C@@H]4C[C@@H](CC(Cl)(C4)C2)C3)no1. The number of anilines is 1. The van der Waals surface area contributed by atoms with Crippen molar-refractivity contribution in [2.45, 2.75) is 50.3 Å². The van der Waals surface area contributed by atoms with Crippen molar-refractivity contribution in [3.63, 3.8) is 0 Å². The lowest BCUT2D eigenvalue weighted by Crippen LogP contribution is -2.56. The molecule has 130 valence electrons. The van der Waals surface area contributed by atoms with Gasteiger partial charge in [-0.2, -0.15) is 0 Å². The number of carbonyl (C=O) groups excluding carboxylic acids is 2. The van der Waals surface area contributed by atoms with Crippen molar-refractivity contribution in [1.29, 1.82) is 0 Å². The fourth-order valence-corrected chi connectivity index (χ4v) is 5.97. The maximum absolute atomic E-state index is 12.7. The van der Waals surface area contributed by atoms with E-state index in [1.54, 1.807) is 13.0 Å². The van der Waals surface area contributed by atoms with Gasteiger partial charge < -0.3 is 14.6 Å². The molecule has 6 nitrogen and oxygen atoms in total. The summed E-state index contributed by atoms with van der Waals surface area (Å²) in [5.74, 6) is 1.27. The summed E-state index contributed by atoms with van der Waals surface area (Å²) in [7, 11) is 0. The van der Waals surface area contributed by atoms with Gasteiger partial charge in [-0.3, -0.25) is 9.59 Å². The molecular formula is C17H21ClN2O4. The molecule has 4 bridgehead atoms. The highest BCUT2D eigenvalue weighted by Crippen LogP contribution is 2.64. The summed E-state index contributed by atoms with van der Waals surface area (Å²) in [6.07, 6.45) is 5.56. The Labute approximate surface area is 145 Å². The minimum atomic E-state index is -0.489. The predicted octanol–water partition coefficient (Wildman–Crippen LogP) is 3.04. The number of aryl methyl sites for hydroxylation is 1. The Kier molecular flexibility index (Phi) is 3.64. The number of alkyl halides is 1. The number of rotatable bonds is 4. The van der Waals surface area contributed by atoms with Gasteiger partial charge in [0.05, 0.1) is 5.41 Å².